The lowest BCUT2D eigenvalue weighted by molar-refractivity contribution is -0.134. The number of amides is 2. The van der Waals surface area contributed by atoms with Gasteiger partial charge in [-0.3, -0.25) is 14.5 Å². The van der Waals surface area contributed by atoms with E-state index in [9.17, 15) is 9.59 Å². The summed E-state index contributed by atoms with van der Waals surface area (Å²) in [7, 11) is 3.14. The van der Waals surface area contributed by atoms with Crippen LogP contribution in [0.1, 0.15) is 51.3 Å². The van der Waals surface area contributed by atoms with Crippen molar-refractivity contribution in [2.45, 2.75) is 38.8 Å². The molecule has 3 aromatic rings. The molecule has 3 heterocycles. The number of methoxy groups -OCH3 is 2. The molecule has 2 aliphatic rings. The van der Waals surface area contributed by atoms with Gasteiger partial charge in [-0.05, 0) is 60.5 Å². The molecule has 0 radical (unpaired) electrons. The van der Waals surface area contributed by atoms with Crippen LogP contribution in [-0.4, -0.2) is 79.5 Å². The highest BCUT2D eigenvalue weighted by Gasteiger charge is 2.33. The molecule has 8 heteroatoms. The van der Waals surface area contributed by atoms with Crippen molar-refractivity contribution in [2.24, 2.45) is 0 Å². The third-order valence-corrected chi connectivity index (χ3v) is 9.00. The van der Waals surface area contributed by atoms with Gasteiger partial charge in [0.05, 0.1) is 20.3 Å². The minimum atomic E-state index is -0.0875. The van der Waals surface area contributed by atoms with Crippen LogP contribution in [0.15, 0.2) is 53.9 Å². The van der Waals surface area contributed by atoms with Gasteiger partial charge in [-0.15, -0.1) is 11.3 Å². The molecule has 2 aromatic carbocycles. The second-order valence-electron chi connectivity index (χ2n) is 10.4. The van der Waals surface area contributed by atoms with Gasteiger partial charge in [0.25, 0.3) is 5.91 Å². The number of nitrogens with zero attached hydrogens (tertiary/aromatic N) is 3. The van der Waals surface area contributed by atoms with Crippen molar-refractivity contribution < 1.29 is 19.1 Å². The van der Waals surface area contributed by atoms with Gasteiger partial charge in [0.1, 0.15) is 11.5 Å². The Balaban J connectivity index is 1.23. The monoisotopic (exact) mass is 547 g/mol. The first-order valence-corrected chi connectivity index (χ1v) is 14.4. The summed E-state index contributed by atoms with van der Waals surface area (Å²) in [5, 5.41) is 2.19. The molecule has 7 nitrogen and oxygen atoms in total. The Labute approximate surface area is 234 Å². The molecule has 2 unspecified atom stereocenters. The minimum absolute atomic E-state index is 0.0762. The van der Waals surface area contributed by atoms with Crippen molar-refractivity contribution in [1.82, 2.24) is 14.7 Å². The molecule has 0 aliphatic carbocycles. The van der Waals surface area contributed by atoms with Gasteiger partial charge < -0.3 is 19.3 Å². The van der Waals surface area contributed by atoms with E-state index in [1.165, 1.54) is 21.6 Å². The van der Waals surface area contributed by atoms with Crippen LogP contribution in [0.2, 0.25) is 0 Å². The van der Waals surface area contributed by atoms with E-state index in [2.05, 4.69) is 47.5 Å². The Morgan fingerprint density at radius 1 is 0.974 bits per heavy atom. The molecule has 39 heavy (non-hydrogen) atoms. The largest absolute Gasteiger partial charge is 0.497 e. The number of ether oxygens (including phenoxy) is 2. The normalized spacial score (nSPS) is 19.5. The fraction of sp³-hybridized carbons (Fsp3) is 0.419. The van der Waals surface area contributed by atoms with E-state index in [1.54, 1.807) is 32.4 Å². The van der Waals surface area contributed by atoms with E-state index in [0.29, 0.717) is 49.7 Å². The third-order valence-electron chi connectivity index (χ3n) is 8.00. The van der Waals surface area contributed by atoms with Crippen LogP contribution in [0.25, 0.3) is 0 Å². The number of carbonyl (C=O) groups is 2. The molecule has 0 bridgehead atoms. The standard InChI is InChI=1S/C31H37N3O4S/c1-21-7-5-6-8-26(21)30-27-11-16-39-28(27)9-12-32(30)13-10-29(35)33-14-15-34(22(2)20-33)31(36)23-17-24(37-3)19-25(18-23)38-4/h5-8,11,16-19,22,30H,9-10,12-15,20H2,1-4H3. The summed E-state index contributed by atoms with van der Waals surface area (Å²) < 4.78 is 10.7. The summed E-state index contributed by atoms with van der Waals surface area (Å²) in [4.78, 5) is 34.4. The second kappa shape index (κ2) is 11.8. The molecular formula is C31H37N3O4S. The van der Waals surface area contributed by atoms with Crippen LogP contribution in [0, 0.1) is 6.92 Å². The fourth-order valence-electron chi connectivity index (χ4n) is 5.85. The van der Waals surface area contributed by atoms with E-state index >= 15 is 0 Å². The number of hydrogen-bond donors (Lipinski definition) is 0. The number of fused-ring (bicyclic) bond motifs is 1. The van der Waals surface area contributed by atoms with Crippen molar-refractivity contribution in [1.29, 1.82) is 0 Å². The van der Waals surface area contributed by atoms with E-state index in [1.807, 2.05) is 28.1 Å². The molecule has 2 aliphatic heterocycles. The number of aryl methyl sites for hydroxylation is 1. The van der Waals surface area contributed by atoms with Crippen LogP contribution in [0.3, 0.4) is 0 Å². The summed E-state index contributed by atoms with van der Waals surface area (Å²) in [6, 6.07) is 16.1. The molecule has 5 rings (SSSR count). The molecule has 2 amide bonds. The number of benzene rings is 2. The van der Waals surface area contributed by atoms with Crippen molar-refractivity contribution in [2.75, 3.05) is 46.9 Å². The number of hydrogen-bond acceptors (Lipinski definition) is 6. The van der Waals surface area contributed by atoms with E-state index in [0.717, 1.165) is 13.0 Å². The van der Waals surface area contributed by atoms with Gasteiger partial charge in [-0.1, -0.05) is 24.3 Å². The van der Waals surface area contributed by atoms with Crippen molar-refractivity contribution in [3.8, 4) is 11.5 Å². The van der Waals surface area contributed by atoms with Crippen LogP contribution in [-0.2, 0) is 11.2 Å². The summed E-state index contributed by atoms with van der Waals surface area (Å²) in [6.07, 6.45) is 1.49. The molecule has 1 fully saturated rings. The molecule has 0 spiro atoms. The van der Waals surface area contributed by atoms with Crippen molar-refractivity contribution in [3.63, 3.8) is 0 Å². The van der Waals surface area contributed by atoms with Gasteiger partial charge in [-0.25, -0.2) is 0 Å². The first-order valence-electron chi connectivity index (χ1n) is 13.6. The molecule has 1 aromatic heterocycles. The van der Waals surface area contributed by atoms with Gasteiger partial charge in [0, 0.05) is 61.7 Å². The topological polar surface area (TPSA) is 62.3 Å². The highest BCUT2D eigenvalue weighted by molar-refractivity contribution is 7.10. The van der Waals surface area contributed by atoms with Crippen LogP contribution < -0.4 is 9.47 Å². The van der Waals surface area contributed by atoms with E-state index in [4.69, 9.17) is 9.47 Å². The summed E-state index contributed by atoms with van der Waals surface area (Å²) >= 11 is 1.84. The first-order chi connectivity index (χ1) is 18.9. The van der Waals surface area contributed by atoms with Gasteiger partial charge in [-0.2, -0.15) is 0 Å². The zero-order valence-electron chi connectivity index (χ0n) is 23.2. The van der Waals surface area contributed by atoms with Crippen molar-refractivity contribution in [3.05, 3.63) is 81.0 Å². The summed E-state index contributed by atoms with van der Waals surface area (Å²) in [5.74, 6) is 1.23. The summed E-state index contributed by atoms with van der Waals surface area (Å²) in [5.41, 5.74) is 4.50. The Bertz CT molecular complexity index is 1320. The highest BCUT2D eigenvalue weighted by atomic mass is 32.1. The average Bonchev–Trinajstić information content (AvgIpc) is 3.44. The van der Waals surface area contributed by atoms with E-state index in [-0.39, 0.29) is 23.9 Å². The number of carbonyl (C=O) groups excluding carboxylic acids is 2. The molecule has 1 saturated heterocycles. The number of rotatable bonds is 7. The zero-order valence-corrected chi connectivity index (χ0v) is 24.0. The predicted molar refractivity (Wildman–Crippen MR) is 154 cm³/mol. The van der Waals surface area contributed by atoms with Gasteiger partial charge in [0.2, 0.25) is 5.91 Å². The quantitative estimate of drug-likeness (QED) is 0.426. The molecule has 0 N–H and O–H groups in total. The molecule has 0 saturated carbocycles. The minimum Gasteiger partial charge on any atom is -0.497 e. The number of piperazine rings is 1. The Hall–Kier alpha value is -3.36. The SMILES string of the molecule is COc1cc(OC)cc(C(=O)N2CCN(C(=O)CCN3CCc4sccc4C3c3ccccc3C)CC2C)c1. The molecule has 2 atom stereocenters. The average molecular weight is 548 g/mol. The summed E-state index contributed by atoms with van der Waals surface area (Å²) in [6.45, 7) is 7.40. The fourth-order valence-corrected chi connectivity index (χ4v) is 6.75. The van der Waals surface area contributed by atoms with E-state index < -0.39 is 0 Å². The van der Waals surface area contributed by atoms with Crippen LogP contribution >= 0.6 is 11.3 Å². The molecule has 206 valence electrons. The molecular weight excluding hydrogens is 510 g/mol. The lowest BCUT2D eigenvalue weighted by atomic mass is 9.90. The highest BCUT2D eigenvalue weighted by Crippen LogP contribution is 2.39. The second-order valence-corrected chi connectivity index (χ2v) is 11.4. The van der Waals surface area contributed by atoms with Gasteiger partial charge in [0.15, 0.2) is 0 Å². The Kier molecular flexibility index (Phi) is 8.23. The maximum atomic E-state index is 13.4. The third kappa shape index (κ3) is 5.68. The lowest BCUT2D eigenvalue weighted by Gasteiger charge is -2.41. The Morgan fingerprint density at radius 3 is 2.41 bits per heavy atom. The maximum absolute atomic E-state index is 13.4. The number of thiophene rings is 1. The Morgan fingerprint density at radius 2 is 1.72 bits per heavy atom. The lowest BCUT2D eigenvalue weighted by Crippen LogP contribution is -2.55. The van der Waals surface area contributed by atoms with Crippen LogP contribution in [0.4, 0.5) is 0 Å². The smallest absolute Gasteiger partial charge is 0.254 e. The first kappa shape index (κ1) is 27.2. The van der Waals surface area contributed by atoms with Crippen molar-refractivity contribution >= 4 is 23.2 Å². The maximum Gasteiger partial charge on any atom is 0.254 e. The van der Waals surface area contributed by atoms with Gasteiger partial charge >= 0.3 is 0 Å². The zero-order chi connectivity index (χ0) is 27.5. The predicted octanol–water partition coefficient (Wildman–Crippen LogP) is 4.78. The van der Waals surface area contributed by atoms with Crippen LogP contribution in [0.5, 0.6) is 11.5 Å².